The fourth-order valence-electron chi connectivity index (χ4n) is 1.63. The van der Waals surface area contributed by atoms with Crippen LogP contribution in [0.1, 0.15) is 31.4 Å². The summed E-state index contributed by atoms with van der Waals surface area (Å²) in [5.41, 5.74) is 9.37. The molecule has 1 unspecified atom stereocenters. The highest BCUT2D eigenvalue weighted by Crippen LogP contribution is 2.24. The summed E-state index contributed by atoms with van der Waals surface area (Å²) in [5, 5.41) is 2.96. The zero-order chi connectivity index (χ0) is 12.3. The molecule has 0 saturated carbocycles. The summed E-state index contributed by atoms with van der Waals surface area (Å²) < 4.78 is 0. The van der Waals surface area contributed by atoms with E-state index in [-0.39, 0.29) is 11.8 Å². The highest BCUT2D eigenvalue weighted by molar-refractivity contribution is 5.94. The molecular formula is C13H20N2O. The molecule has 1 rings (SSSR count). The predicted molar refractivity (Wildman–Crippen MR) is 68.4 cm³/mol. The fraction of sp³-hybridized carbons (Fsp3) is 0.462. The van der Waals surface area contributed by atoms with Crippen LogP contribution < -0.4 is 11.1 Å². The Morgan fingerprint density at radius 1 is 1.38 bits per heavy atom. The van der Waals surface area contributed by atoms with E-state index in [0.29, 0.717) is 0 Å². The van der Waals surface area contributed by atoms with Gasteiger partial charge in [-0.2, -0.15) is 0 Å². The summed E-state index contributed by atoms with van der Waals surface area (Å²) in [6, 6.07) is 3.75. The van der Waals surface area contributed by atoms with E-state index in [9.17, 15) is 4.79 Å². The van der Waals surface area contributed by atoms with Gasteiger partial charge >= 0.3 is 0 Å². The maximum absolute atomic E-state index is 11.8. The van der Waals surface area contributed by atoms with Crippen LogP contribution in [0.15, 0.2) is 12.1 Å². The third-order valence-corrected chi connectivity index (χ3v) is 2.86. The highest BCUT2D eigenvalue weighted by atomic mass is 16.1. The van der Waals surface area contributed by atoms with Gasteiger partial charge in [-0.15, -0.1) is 0 Å². The maximum Gasteiger partial charge on any atom is 0.227 e. The van der Waals surface area contributed by atoms with E-state index in [0.717, 1.165) is 28.9 Å². The molecule has 0 aliphatic heterocycles. The lowest BCUT2D eigenvalue weighted by molar-refractivity contribution is -0.119. The van der Waals surface area contributed by atoms with Crippen LogP contribution in [0.3, 0.4) is 0 Å². The van der Waals surface area contributed by atoms with Gasteiger partial charge in [0.1, 0.15) is 0 Å². The molecule has 16 heavy (non-hydrogen) atoms. The zero-order valence-electron chi connectivity index (χ0n) is 10.4. The summed E-state index contributed by atoms with van der Waals surface area (Å²) in [7, 11) is 0. The average molecular weight is 220 g/mol. The van der Waals surface area contributed by atoms with Crippen molar-refractivity contribution in [2.75, 3.05) is 11.1 Å². The molecule has 0 bridgehead atoms. The predicted octanol–water partition coefficient (Wildman–Crippen LogP) is 2.87. The largest absolute Gasteiger partial charge is 0.399 e. The van der Waals surface area contributed by atoms with E-state index in [2.05, 4.69) is 5.32 Å². The molecule has 1 atom stereocenters. The summed E-state index contributed by atoms with van der Waals surface area (Å²) in [6.07, 6.45) is 0.846. The van der Waals surface area contributed by atoms with Crippen molar-refractivity contribution in [3.8, 4) is 0 Å². The molecule has 3 N–H and O–H groups in total. The lowest BCUT2D eigenvalue weighted by atomic mass is 10.1. The standard InChI is InChI=1S/C13H20N2O/c1-5-8(2)13(16)15-12-9(3)6-11(14)7-10(12)4/h6-8H,5,14H2,1-4H3,(H,15,16). The van der Waals surface area contributed by atoms with Gasteiger partial charge < -0.3 is 11.1 Å². The number of aryl methyl sites for hydroxylation is 2. The van der Waals surface area contributed by atoms with Crippen molar-refractivity contribution in [2.45, 2.75) is 34.1 Å². The monoisotopic (exact) mass is 220 g/mol. The van der Waals surface area contributed by atoms with E-state index < -0.39 is 0 Å². The summed E-state index contributed by atoms with van der Waals surface area (Å²) >= 11 is 0. The van der Waals surface area contributed by atoms with Gasteiger partial charge in [0, 0.05) is 17.3 Å². The minimum atomic E-state index is 0.0383. The molecule has 0 spiro atoms. The Morgan fingerprint density at radius 3 is 2.31 bits per heavy atom. The van der Waals surface area contributed by atoms with E-state index in [1.54, 1.807) is 0 Å². The van der Waals surface area contributed by atoms with Crippen molar-refractivity contribution < 1.29 is 4.79 Å². The first-order valence-electron chi connectivity index (χ1n) is 5.63. The van der Waals surface area contributed by atoms with Gasteiger partial charge in [0.15, 0.2) is 0 Å². The summed E-state index contributed by atoms with van der Waals surface area (Å²) in [4.78, 5) is 11.8. The molecule has 1 aromatic carbocycles. The average Bonchev–Trinajstić information content (AvgIpc) is 2.21. The molecule has 3 nitrogen and oxygen atoms in total. The summed E-state index contributed by atoms with van der Waals surface area (Å²) in [6.45, 7) is 7.84. The Labute approximate surface area is 97.0 Å². The Balaban J connectivity index is 2.93. The van der Waals surface area contributed by atoms with Gasteiger partial charge in [-0.1, -0.05) is 13.8 Å². The number of carbonyl (C=O) groups is 1. The van der Waals surface area contributed by atoms with E-state index in [4.69, 9.17) is 5.73 Å². The number of hydrogen-bond donors (Lipinski definition) is 2. The van der Waals surface area contributed by atoms with Gasteiger partial charge in [0.25, 0.3) is 0 Å². The third-order valence-electron chi connectivity index (χ3n) is 2.86. The third kappa shape index (κ3) is 2.75. The van der Waals surface area contributed by atoms with Crippen LogP contribution in [-0.4, -0.2) is 5.91 Å². The van der Waals surface area contributed by atoms with Crippen LogP contribution in [0, 0.1) is 19.8 Å². The number of benzene rings is 1. The molecular weight excluding hydrogens is 200 g/mol. The normalized spacial score (nSPS) is 12.2. The Bertz CT molecular complexity index is 376. The molecule has 1 amide bonds. The number of nitrogen functional groups attached to an aromatic ring is 1. The zero-order valence-corrected chi connectivity index (χ0v) is 10.4. The molecule has 0 fully saturated rings. The fourth-order valence-corrected chi connectivity index (χ4v) is 1.63. The lowest BCUT2D eigenvalue weighted by Gasteiger charge is -2.15. The lowest BCUT2D eigenvalue weighted by Crippen LogP contribution is -2.20. The first-order chi connectivity index (χ1) is 7.45. The minimum absolute atomic E-state index is 0.0383. The topological polar surface area (TPSA) is 55.1 Å². The number of nitrogens with two attached hydrogens (primary N) is 1. The van der Waals surface area contributed by atoms with E-state index >= 15 is 0 Å². The summed E-state index contributed by atoms with van der Waals surface area (Å²) in [5.74, 6) is 0.106. The van der Waals surface area contributed by atoms with Crippen molar-refractivity contribution in [1.82, 2.24) is 0 Å². The van der Waals surface area contributed by atoms with E-state index in [1.165, 1.54) is 0 Å². The van der Waals surface area contributed by atoms with Crippen molar-refractivity contribution in [3.63, 3.8) is 0 Å². The van der Waals surface area contributed by atoms with Crippen LogP contribution in [0.2, 0.25) is 0 Å². The van der Waals surface area contributed by atoms with Crippen LogP contribution in [-0.2, 0) is 4.79 Å². The quantitative estimate of drug-likeness (QED) is 0.769. The molecule has 3 heteroatoms. The van der Waals surface area contributed by atoms with Gasteiger partial charge in [0.05, 0.1) is 0 Å². The second kappa shape index (κ2) is 5.01. The Morgan fingerprint density at radius 2 is 1.88 bits per heavy atom. The number of hydrogen-bond acceptors (Lipinski definition) is 2. The van der Waals surface area contributed by atoms with E-state index in [1.807, 2.05) is 39.8 Å². The smallest absolute Gasteiger partial charge is 0.227 e. The van der Waals surface area contributed by atoms with Gasteiger partial charge in [-0.3, -0.25) is 4.79 Å². The Kier molecular flexibility index (Phi) is 3.93. The van der Waals surface area contributed by atoms with Gasteiger partial charge in [0.2, 0.25) is 5.91 Å². The SMILES string of the molecule is CCC(C)C(=O)Nc1c(C)cc(N)cc1C. The minimum Gasteiger partial charge on any atom is -0.399 e. The molecule has 0 aliphatic carbocycles. The van der Waals surface area contributed by atoms with Crippen molar-refractivity contribution >= 4 is 17.3 Å². The number of carbonyl (C=O) groups excluding carboxylic acids is 1. The number of amides is 1. The first kappa shape index (κ1) is 12.6. The van der Waals surface area contributed by atoms with Crippen molar-refractivity contribution in [1.29, 1.82) is 0 Å². The molecule has 88 valence electrons. The van der Waals surface area contributed by atoms with Crippen molar-refractivity contribution in [2.24, 2.45) is 5.92 Å². The maximum atomic E-state index is 11.8. The number of nitrogens with one attached hydrogen (secondary N) is 1. The number of rotatable bonds is 3. The van der Waals surface area contributed by atoms with Crippen LogP contribution in [0.25, 0.3) is 0 Å². The van der Waals surface area contributed by atoms with Gasteiger partial charge in [-0.05, 0) is 43.5 Å². The molecule has 0 saturated heterocycles. The van der Waals surface area contributed by atoms with Crippen LogP contribution >= 0.6 is 0 Å². The Hall–Kier alpha value is -1.51. The molecule has 0 heterocycles. The second-order valence-electron chi connectivity index (χ2n) is 4.33. The van der Waals surface area contributed by atoms with Crippen LogP contribution in [0.5, 0.6) is 0 Å². The molecule has 0 aromatic heterocycles. The second-order valence-corrected chi connectivity index (χ2v) is 4.33. The van der Waals surface area contributed by atoms with Crippen LogP contribution in [0.4, 0.5) is 11.4 Å². The highest BCUT2D eigenvalue weighted by Gasteiger charge is 2.13. The first-order valence-corrected chi connectivity index (χ1v) is 5.63. The van der Waals surface area contributed by atoms with Gasteiger partial charge in [-0.25, -0.2) is 0 Å². The number of anilines is 2. The molecule has 1 aromatic rings. The molecule has 0 radical (unpaired) electrons. The molecule has 0 aliphatic rings. The van der Waals surface area contributed by atoms with Crippen molar-refractivity contribution in [3.05, 3.63) is 23.3 Å².